The van der Waals surface area contributed by atoms with Gasteiger partial charge in [-0.05, 0) is 79.9 Å². The molecule has 180 valence electrons. The summed E-state index contributed by atoms with van der Waals surface area (Å²) in [4.78, 5) is 4.49. The predicted octanol–water partition coefficient (Wildman–Crippen LogP) is 9.80. The van der Waals surface area contributed by atoms with E-state index in [1.54, 1.807) is 0 Å². The van der Waals surface area contributed by atoms with Gasteiger partial charge in [0.25, 0.3) is 0 Å². The molecule has 2 heterocycles. The number of hydrogen-bond donors (Lipinski definition) is 0. The molecule has 8 aromatic rings. The summed E-state index contributed by atoms with van der Waals surface area (Å²) in [5, 5.41) is 7.53. The van der Waals surface area contributed by atoms with Crippen molar-refractivity contribution in [3.63, 3.8) is 0 Å². The fourth-order valence-corrected chi connectivity index (χ4v) is 6.74. The van der Waals surface area contributed by atoms with E-state index in [4.69, 9.17) is 0 Å². The van der Waals surface area contributed by atoms with Crippen LogP contribution in [0.4, 0.5) is 0 Å². The molecular weight excluding hydrogens is 472 g/mol. The van der Waals surface area contributed by atoms with Crippen molar-refractivity contribution >= 4 is 43.4 Å². The molecule has 0 saturated heterocycles. The summed E-state index contributed by atoms with van der Waals surface area (Å²) in [7, 11) is 0. The first-order valence-electron chi connectivity index (χ1n) is 13.4. The van der Waals surface area contributed by atoms with Crippen LogP contribution in [-0.2, 0) is 0 Å². The van der Waals surface area contributed by atoms with E-state index in [1.165, 1.54) is 76.7 Å². The van der Waals surface area contributed by atoms with Crippen LogP contribution in [0, 0.1) is 0 Å². The number of rotatable bonds is 2. The molecule has 0 aliphatic heterocycles. The molecular formula is C37H22N2. The lowest BCUT2D eigenvalue weighted by Crippen LogP contribution is -1.94. The van der Waals surface area contributed by atoms with Crippen LogP contribution in [0.5, 0.6) is 0 Å². The summed E-state index contributed by atoms with van der Waals surface area (Å²) in [6.07, 6.45) is 3.87. The molecule has 6 aromatic carbocycles. The van der Waals surface area contributed by atoms with Gasteiger partial charge in [-0.2, -0.15) is 0 Å². The molecule has 0 fully saturated rings. The zero-order valence-electron chi connectivity index (χ0n) is 21.1. The second-order valence-electron chi connectivity index (χ2n) is 10.4. The number of fused-ring (bicyclic) bond motifs is 8. The normalized spacial score (nSPS) is 12.1. The Balaban J connectivity index is 1.36. The number of pyridine rings is 1. The fourth-order valence-electron chi connectivity index (χ4n) is 6.74. The van der Waals surface area contributed by atoms with Crippen LogP contribution in [-0.4, -0.2) is 9.55 Å². The van der Waals surface area contributed by atoms with Gasteiger partial charge in [0.1, 0.15) is 0 Å². The molecule has 0 unspecified atom stereocenters. The molecule has 2 nitrogen and oxygen atoms in total. The first-order valence-corrected chi connectivity index (χ1v) is 13.4. The third-order valence-corrected chi connectivity index (χ3v) is 8.42. The molecule has 0 N–H and O–H groups in total. The van der Waals surface area contributed by atoms with Crippen molar-refractivity contribution in [1.29, 1.82) is 0 Å². The van der Waals surface area contributed by atoms with Gasteiger partial charge in [0.15, 0.2) is 0 Å². The Kier molecular flexibility index (Phi) is 4.08. The summed E-state index contributed by atoms with van der Waals surface area (Å²) in [5.74, 6) is 0. The Bertz CT molecular complexity index is 2240. The van der Waals surface area contributed by atoms with Gasteiger partial charge in [0.2, 0.25) is 0 Å². The Morgan fingerprint density at radius 1 is 0.487 bits per heavy atom. The van der Waals surface area contributed by atoms with Crippen molar-refractivity contribution < 1.29 is 0 Å². The molecule has 0 radical (unpaired) electrons. The number of nitrogens with zero attached hydrogens (tertiary/aromatic N) is 2. The van der Waals surface area contributed by atoms with Crippen molar-refractivity contribution in [3.05, 3.63) is 134 Å². The fraction of sp³-hybridized carbons (Fsp3) is 0. The topological polar surface area (TPSA) is 17.8 Å². The van der Waals surface area contributed by atoms with Gasteiger partial charge in [-0.1, -0.05) is 91.0 Å². The standard InChI is InChI=1S/C37H22N2/c1-2-7-25(8-3-1)39-35-18-14-24(21-33(35)32-15-13-23-19-20-38-22-34(23)37(32)39)26-16-17-31-28-10-5-4-9-27(28)30-12-6-11-29(26)36(30)31/h1-22H. The zero-order valence-corrected chi connectivity index (χ0v) is 21.1. The zero-order chi connectivity index (χ0) is 25.5. The van der Waals surface area contributed by atoms with Gasteiger partial charge in [0.05, 0.1) is 11.0 Å². The highest BCUT2D eigenvalue weighted by atomic mass is 15.0. The van der Waals surface area contributed by atoms with E-state index in [1.807, 2.05) is 12.4 Å². The van der Waals surface area contributed by atoms with E-state index in [9.17, 15) is 0 Å². The van der Waals surface area contributed by atoms with E-state index in [2.05, 4.69) is 131 Å². The van der Waals surface area contributed by atoms with Gasteiger partial charge in [-0.3, -0.25) is 4.98 Å². The lowest BCUT2D eigenvalue weighted by molar-refractivity contribution is 1.18. The van der Waals surface area contributed by atoms with Gasteiger partial charge in [0, 0.05) is 34.2 Å². The largest absolute Gasteiger partial charge is 0.309 e. The van der Waals surface area contributed by atoms with E-state index in [-0.39, 0.29) is 0 Å². The average Bonchev–Trinajstić information content (AvgIpc) is 3.52. The maximum absolute atomic E-state index is 4.49. The smallest absolute Gasteiger partial charge is 0.0634 e. The highest BCUT2D eigenvalue weighted by Gasteiger charge is 2.23. The van der Waals surface area contributed by atoms with Crippen LogP contribution in [0.1, 0.15) is 0 Å². The van der Waals surface area contributed by atoms with Crippen LogP contribution in [0.25, 0.3) is 82.4 Å². The predicted molar refractivity (Wildman–Crippen MR) is 163 cm³/mol. The average molecular weight is 495 g/mol. The minimum atomic E-state index is 1.16. The van der Waals surface area contributed by atoms with Gasteiger partial charge in [-0.15, -0.1) is 0 Å². The van der Waals surface area contributed by atoms with Gasteiger partial charge in [-0.25, -0.2) is 0 Å². The first kappa shape index (κ1) is 20.8. The van der Waals surface area contributed by atoms with Crippen LogP contribution in [0.2, 0.25) is 0 Å². The van der Waals surface area contributed by atoms with Crippen molar-refractivity contribution in [3.8, 4) is 39.1 Å². The number of aromatic nitrogens is 2. The maximum Gasteiger partial charge on any atom is 0.0634 e. The van der Waals surface area contributed by atoms with Crippen molar-refractivity contribution in [2.75, 3.05) is 0 Å². The molecule has 0 atom stereocenters. The Labute approximate surface area is 225 Å². The molecule has 2 aromatic heterocycles. The monoisotopic (exact) mass is 494 g/mol. The third kappa shape index (κ3) is 2.78. The van der Waals surface area contributed by atoms with E-state index in [0.717, 1.165) is 5.69 Å². The Hall–Kier alpha value is -5.21. The summed E-state index contributed by atoms with van der Waals surface area (Å²) in [6.45, 7) is 0. The molecule has 1 aliphatic carbocycles. The van der Waals surface area contributed by atoms with Crippen LogP contribution in [0.3, 0.4) is 0 Å². The van der Waals surface area contributed by atoms with E-state index >= 15 is 0 Å². The molecule has 39 heavy (non-hydrogen) atoms. The molecule has 0 saturated carbocycles. The summed E-state index contributed by atoms with van der Waals surface area (Å²) >= 11 is 0. The summed E-state index contributed by atoms with van der Waals surface area (Å²) in [5.41, 5.74) is 11.4. The summed E-state index contributed by atoms with van der Waals surface area (Å²) in [6, 6.07) is 44.3. The highest BCUT2D eigenvalue weighted by molar-refractivity contribution is 6.21. The lowest BCUT2D eigenvalue weighted by atomic mass is 9.93. The SMILES string of the molecule is c1ccc(-n2c3ccc(-c4ccc5c6c(cccc46)-c4ccccc4-5)cc3c3ccc4ccncc4c32)cc1. The first-order chi connectivity index (χ1) is 19.4. The Morgan fingerprint density at radius 2 is 1.26 bits per heavy atom. The molecule has 2 heteroatoms. The number of benzene rings is 6. The quantitative estimate of drug-likeness (QED) is 0.234. The molecule has 1 aliphatic rings. The minimum Gasteiger partial charge on any atom is -0.309 e. The third-order valence-electron chi connectivity index (χ3n) is 8.42. The van der Waals surface area contributed by atoms with Crippen LogP contribution >= 0.6 is 0 Å². The van der Waals surface area contributed by atoms with Gasteiger partial charge < -0.3 is 4.57 Å². The van der Waals surface area contributed by atoms with Crippen LogP contribution in [0.15, 0.2) is 134 Å². The van der Waals surface area contributed by atoms with E-state index in [0.29, 0.717) is 0 Å². The molecule has 9 rings (SSSR count). The van der Waals surface area contributed by atoms with Crippen molar-refractivity contribution in [1.82, 2.24) is 9.55 Å². The van der Waals surface area contributed by atoms with Crippen LogP contribution < -0.4 is 0 Å². The maximum atomic E-state index is 4.49. The van der Waals surface area contributed by atoms with E-state index < -0.39 is 0 Å². The second kappa shape index (κ2) is 7.66. The number of para-hydroxylation sites is 1. The molecule has 0 amide bonds. The number of hydrogen-bond acceptors (Lipinski definition) is 1. The lowest BCUT2D eigenvalue weighted by Gasteiger charge is -2.11. The molecule has 0 bridgehead atoms. The highest BCUT2D eigenvalue weighted by Crippen LogP contribution is 2.49. The molecule has 0 spiro atoms. The minimum absolute atomic E-state index is 1.16. The second-order valence-corrected chi connectivity index (χ2v) is 10.4. The van der Waals surface area contributed by atoms with Gasteiger partial charge >= 0.3 is 0 Å². The van der Waals surface area contributed by atoms with Crippen molar-refractivity contribution in [2.24, 2.45) is 0 Å². The van der Waals surface area contributed by atoms with Crippen molar-refractivity contribution in [2.45, 2.75) is 0 Å². The summed E-state index contributed by atoms with van der Waals surface area (Å²) < 4.78 is 2.39. The Morgan fingerprint density at radius 3 is 2.13 bits per heavy atom.